The lowest BCUT2D eigenvalue weighted by Gasteiger charge is -2.21. The summed E-state index contributed by atoms with van der Waals surface area (Å²) in [6.45, 7) is 3.34. The summed E-state index contributed by atoms with van der Waals surface area (Å²) in [6, 6.07) is 15.4. The molecular weight excluding hydrogens is 340 g/mol. The molecule has 0 bridgehead atoms. The lowest BCUT2D eigenvalue weighted by Crippen LogP contribution is -2.23. The molecule has 0 aliphatic rings. The first-order chi connectivity index (χ1) is 13.1. The van der Waals surface area contributed by atoms with E-state index in [1.54, 1.807) is 12.3 Å². The third-order valence-electron chi connectivity index (χ3n) is 4.37. The molecule has 3 aromatic rings. The summed E-state index contributed by atoms with van der Waals surface area (Å²) in [5.74, 6) is 0.369. The molecule has 2 aromatic carbocycles. The number of anilines is 1. The Labute approximate surface area is 158 Å². The zero-order valence-electron chi connectivity index (χ0n) is 15.5. The molecule has 4 N–H and O–H groups in total. The number of amides is 1. The highest BCUT2D eigenvalue weighted by molar-refractivity contribution is 6.07. The van der Waals surface area contributed by atoms with Crippen molar-refractivity contribution in [1.82, 2.24) is 10.3 Å². The molecule has 6 heteroatoms. The summed E-state index contributed by atoms with van der Waals surface area (Å²) in [5, 5.41) is 7.64. The highest BCUT2D eigenvalue weighted by Gasteiger charge is 2.15. The van der Waals surface area contributed by atoms with Crippen LogP contribution in [0.2, 0.25) is 0 Å². The normalized spacial score (nSPS) is 11.9. The summed E-state index contributed by atoms with van der Waals surface area (Å²) in [7, 11) is 1.92. The van der Waals surface area contributed by atoms with E-state index in [9.17, 15) is 4.79 Å². The maximum Gasteiger partial charge on any atom is 0.250 e. The predicted molar refractivity (Wildman–Crippen MR) is 108 cm³/mol. The number of nitrogens with two attached hydrogens (primary N) is 1. The Hall–Kier alpha value is -3.12. The summed E-state index contributed by atoms with van der Waals surface area (Å²) in [4.78, 5) is 16.0. The van der Waals surface area contributed by atoms with Gasteiger partial charge in [0.25, 0.3) is 5.91 Å². The molecule has 140 valence electrons. The van der Waals surface area contributed by atoms with Gasteiger partial charge in [-0.05, 0) is 43.8 Å². The molecule has 1 unspecified atom stereocenters. The van der Waals surface area contributed by atoms with Crippen LogP contribution in [0.15, 0.2) is 54.7 Å². The zero-order valence-corrected chi connectivity index (χ0v) is 15.5. The minimum absolute atomic E-state index is 0.0357. The van der Waals surface area contributed by atoms with Crippen molar-refractivity contribution in [2.24, 2.45) is 5.73 Å². The van der Waals surface area contributed by atoms with Crippen molar-refractivity contribution in [2.45, 2.75) is 13.0 Å². The van der Waals surface area contributed by atoms with Crippen LogP contribution < -0.4 is 21.1 Å². The largest absolute Gasteiger partial charge is 0.494 e. The lowest BCUT2D eigenvalue weighted by molar-refractivity contribution is 0.100. The van der Waals surface area contributed by atoms with Gasteiger partial charge in [-0.15, -0.1) is 0 Å². The second-order valence-corrected chi connectivity index (χ2v) is 6.18. The van der Waals surface area contributed by atoms with Crippen molar-refractivity contribution in [3.63, 3.8) is 0 Å². The molecule has 0 aliphatic carbocycles. The Morgan fingerprint density at radius 1 is 1.19 bits per heavy atom. The maximum absolute atomic E-state index is 11.7. The van der Waals surface area contributed by atoms with E-state index in [0.29, 0.717) is 17.7 Å². The molecule has 1 aromatic heterocycles. The Morgan fingerprint density at radius 2 is 1.96 bits per heavy atom. The van der Waals surface area contributed by atoms with Crippen molar-refractivity contribution in [1.29, 1.82) is 0 Å². The molecule has 3 rings (SSSR count). The van der Waals surface area contributed by atoms with Crippen molar-refractivity contribution in [2.75, 3.05) is 25.5 Å². The molecule has 27 heavy (non-hydrogen) atoms. The minimum atomic E-state index is -0.483. The fourth-order valence-electron chi connectivity index (χ4n) is 3.11. The number of carbonyl (C=O) groups is 1. The number of nitrogens with zero attached hydrogens (tertiary/aromatic N) is 1. The fraction of sp³-hybridized carbons (Fsp3) is 0.238. The fourth-order valence-corrected chi connectivity index (χ4v) is 3.11. The molecule has 0 spiro atoms. The number of fused-ring (bicyclic) bond motifs is 1. The van der Waals surface area contributed by atoms with E-state index in [0.717, 1.165) is 28.9 Å². The molecule has 0 fully saturated rings. The Morgan fingerprint density at radius 3 is 2.63 bits per heavy atom. The smallest absolute Gasteiger partial charge is 0.250 e. The van der Waals surface area contributed by atoms with Gasteiger partial charge < -0.3 is 21.1 Å². The van der Waals surface area contributed by atoms with Gasteiger partial charge in [-0.1, -0.05) is 24.3 Å². The average Bonchev–Trinajstić information content (AvgIpc) is 2.68. The maximum atomic E-state index is 11.7. The summed E-state index contributed by atoms with van der Waals surface area (Å²) < 4.78 is 5.52. The van der Waals surface area contributed by atoms with Gasteiger partial charge in [-0.3, -0.25) is 9.78 Å². The van der Waals surface area contributed by atoms with Crippen LogP contribution >= 0.6 is 0 Å². The number of pyridine rings is 1. The molecule has 0 radical (unpaired) electrons. The molecule has 0 saturated carbocycles. The Bertz CT molecular complexity index is 925. The first kappa shape index (κ1) is 18.7. The van der Waals surface area contributed by atoms with Gasteiger partial charge in [0.15, 0.2) is 0 Å². The standard InChI is InChI=1S/C21H24N4O2/c1-3-27-15-9-7-14(8-10-15)19(13-23-2)25-18-11-12-24-20-16(18)5-4-6-17(20)21(22)26/h4-12,19,23H,3,13H2,1-2H3,(H2,22,26)(H,24,25). The van der Waals surface area contributed by atoms with E-state index in [2.05, 4.69) is 27.8 Å². The third-order valence-corrected chi connectivity index (χ3v) is 4.37. The number of aromatic nitrogens is 1. The van der Waals surface area contributed by atoms with Gasteiger partial charge >= 0.3 is 0 Å². The van der Waals surface area contributed by atoms with Gasteiger partial charge in [0.05, 0.1) is 23.7 Å². The number of rotatable bonds is 8. The van der Waals surface area contributed by atoms with E-state index in [1.165, 1.54) is 0 Å². The number of hydrogen-bond donors (Lipinski definition) is 3. The molecule has 1 atom stereocenters. The average molecular weight is 364 g/mol. The summed E-state index contributed by atoms with van der Waals surface area (Å²) in [6.07, 6.45) is 1.69. The molecule has 1 amide bonds. The van der Waals surface area contributed by atoms with Crippen molar-refractivity contribution >= 4 is 22.5 Å². The first-order valence-electron chi connectivity index (χ1n) is 8.95. The molecule has 0 saturated heterocycles. The minimum Gasteiger partial charge on any atom is -0.494 e. The highest BCUT2D eigenvalue weighted by atomic mass is 16.5. The van der Waals surface area contributed by atoms with Crippen LogP contribution in [0.25, 0.3) is 10.9 Å². The van der Waals surface area contributed by atoms with Crippen molar-refractivity contribution < 1.29 is 9.53 Å². The molecule has 0 aliphatic heterocycles. The van der Waals surface area contributed by atoms with E-state index >= 15 is 0 Å². The van der Waals surface area contributed by atoms with Crippen LogP contribution in [0.4, 0.5) is 5.69 Å². The van der Waals surface area contributed by atoms with Gasteiger partial charge in [0.2, 0.25) is 0 Å². The van der Waals surface area contributed by atoms with E-state index in [4.69, 9.17) is 10.5 Å². The highest BCUT2D eigenvalue weighted by Crippen LogP contribution is 2.28. The van der Waals surface area contributed by atoms with Gasteiger partial charge in [0.1, 0.15) is 5.75 Å². The van der Waals surface area contributed by atoms with Crippen LogP contribution in [0.5, 0.6) is 5.75 Å². The molecular formula is C21H24N4O2. The Kier molecular flexibility index (Phi) is 5.88. The van der Waals surface area contributed by atoms with Crippen LogP contribution in [0, 0.1) is 0 Å². The monoisotopic (exact) mass is 364 g/mol. The predicted octanol–water partition coefficient (Wildman–Crippen LogP) is 3.11. The third kappa shape index (κ3) is 4.17. The van der Waals surface area contributed by atoms with E-state index < -0.39 is 5.91 Å². The number of hydrogen-bond acceptors (Lipinski definition) is 5. The number of ether oxygens (including phenoxy) is 1. The van der Waals surface area contributed by atoms with Gasteiger partial charge in [-0.2, -0.15) is 0 Å². The second-order valence-electron chi connectivity index (χ2n) is 6.18. The topological polar surface area (TPSA) is 89.3 Å². The quantitative estimate of drug-likeness (QED) is 0.571. The van der Waals surface area contributed by atoms with Crippen LogP contribution in [-0.2, 0) is 0 Å². The van der Waals surface area contributed by atoms with Gasteiger partial charge in [0, 0.05) is 23.8 Å². The number of para-hydroxylation sites is 1. The second kappa shape index (κ2) is 8.51. The zero-order chi connectivity index (χ0) is 19.2. The number of primary amides is 1. The summed E-state index contributed by atoms with van der Waals surface area (Å²) >= 11 is 0. The summed E-state index contributed by atoms with van der Waals surface area (Å²) in [5.41, 5.74) is 8.54. The molecule has 6 nitrogen and oxygen atoms in total. The van der Waals surface area contributed by atoms with E-state index in [-0.39, 0.29) is 6.04 Å². The van der Waals surface area contributed by atoms with Crippen LogP contribution in [-0.4, -0.2) is 31.1 Å². The lowest BCUT2D eigenvalue weighted by atomic mass is 10.0. The number of likely N-dealkylation sites (N-methyl/N-ethyl adjacent to an activating group) is 1. The molecule has 1 heterocycles. The van der Waals surface area contributed by atoms with Gasteiger partial charge in [-0.25, -0.2) is 0 Å². The first-order valence-corrected chi connectivity index (χ1v) is 8.95. The number of carbonyl (C=O) groups excluding carboxylic acids is 1. The number of nitrogens with one attached hydrogen (secondary N) is 2. The Balaban J connectivity index is 1.95. The van der Waals surface area contributed by atoms with Crippen molar-refractivity contribution in [3.8, 4) is 5.75 Å². The van der Waals surface area contributed by atoms with Crippen molar-refractivity contribution in [3.05, 3.63) is 65.9 Å². The number of benzene rings is 2. The SMILES string of the molecule is CCOc1ccc(C(CNC)Nc2ccnc3c(C(N)=O)cccc23)cc1. The van der Waals surface area contributed by atoms with Crippen LogP contribution in [0.3, 0.4) is 0 Å². The van der Waals surface area contributed by atoms with E-state index in [1.807, 2.05) is 44.3 Å². The van der Waals surface area contributed by atoms with Crippen LogP contribution in [0.1, 0.15) is 28.9 Å².